The Morgan fingerprint density at radius 3 is 1.96 bits per heavy atom. The number of rotatable bonds is 10. The first-order valence-electron chi connectivity index (χ1n) is 18.9. The van der Waals surface area contributed by atoms with Crippen molar-refractivity contribution in [2.24, 2.45) is 0 Å². The van der Waals surface area contributed by atoms with E-state index in [9.17, 15) is 10.0 Å². The Kier molecular flexibility index (Phi) is 9.19. The van der Waals surface area contributed by atoms with Crippen molar-refractivity contribution in [3.05, 3.63) is 188 Å². The predicted octanol–water partition coefficient (Wildman–Crippen LogP) is 12.0. The number of furan rings is 1. The largest absolute Gasteiger partial charge is 0.489 e. The number of fused-ring (bicyclic) bond motifs is 6. The second-order valence-corrected chi connectivity index (χ2v) is 14.0. The highest BCUT2D eigenvalue weighted by molar-refractivity contribution is 6.62. The molecule has 0 unspecified atom stereocenters. The van der Waals surface area contributed by atoms with Gasteiger partial charge in [-0.2, -0.15) is 0 Å². The van der Waals surface area contributed by atoms with Crippen LogP contribution in [0.3, 0.4) is 0 Å². The van der Waals surface area contributed by atoms with Crippen LogP contribution in [0.5, 0.6) is 0 Å². The van der Waals surface area contributed by atoms with Gasteiger partial charge in [-0.25, -0.2) is 0 Å². The molecule has 0 spiro atoms. The zero-order valence-corrected chi connectivity index (χ0v) is 31.0. The lowest BCUT2D eigenvalue weighted by molar-refractivity contribution is 0.426. The van der Waals surface area contributed by atoms with Crippen LogP contribution in [0.1, 0.15) is 18.9 Å². The lowest BCUT2D eigenvalue weighted by Crippen LogP contribution is -2.30. The van der Waals surface area contributed by atoms with Crippen LogP contribution in [0.25, 0.3) is 77.3 Å². The van der Waals surface area contributed by atoms with Gasteiger partial charge in [0.1, 0.15) is 11.2 Å². The number of para-hydroxylation sites is 2. The van der Waals surface area contributed by atoms with Crippen LogP contribution < -0.4 is 10.8 Å². The molecule has 2 aromatic heterocycles. The number of hydrogen-bond donors (Lipinski definition) is 3. The summed E-state index contributed by atoms with van der Waals surface area (Å²) in [5.41, 5.74) is 13.3. The van der Waals surface area contributed by atoms with Crippen LogP contribution in [-0.2, 0) is 0 Å². The van der Waals surface area contributed by atoms with Gasteiger partial charge in [0.2, 0.25) is 0 Å². The van der Waals surface area contributed by atoms with Crippen LogP contribution in [0, 0.1) is 0 Å². The summed E-state index contributed by atoms with van der Waals surface area (Å²) < 4.78 is 8.45. The molecule has 0 radical (unpaired) electrons. The van der Waals surface area contributed by atoms with E-state index in [1.165, 1.54) is 0 Å². The van der Waals surface area contributed by atoms with Crippen molar-refractivity contribution in [1.82, 2.24) is 4.57 Å². The fourth-order valence-electron chi connectivity index (χ4n) is 7.74. The third-order valence-corrected chi connectivity index (χ3v) is 10.5. The first kappa shape index (κ1) is 34.9. The minimum atomic E-state index is -1.61. The van der Waals surface area contributed by atoms with Gasteiger partial charge in [-0.3, -0.25) is 0 Å². The van der Waals surface area contributed by atoms with E-state index in [4.69, 9.17) is 4.42 Å². The third-order valence-electron chi connectivity index (χ3n) is 10.5. The molecule has 0 saturated carbocycles. The maximum atomic E-state index is 10.2. The molecule has 0 bridgehead atoms. The number of nitrogens with zero attached hydrogens (tertiary/aromatic N) is 1. The van der Waals surface area contributed by atoms with Gasteiger partial charge in [0.05, 0.1) is 11.0 Å². The topological polar surface area (TPSA) is 70.6 Å². The average Bonchev–Trinajstić information content (AvgIpc) is 3.78. The fourth-order valence-corrected chi connectivity index (χ4v) is 7.74. The number of anilines is 2. The molecule has 0 amide bonds. The molecule has 9 rings (SSSR count). The van der Waals surface area contributed by atoms with E-state index in [0.717, 1.165) is 84.1 Å². The Morgan fingerprint density at radius 2 is 1.29 bits per heavy atom. The van der Waals surface area contributed by atoms with Gasteiger partial charge >= 0.3 is 7.12 Å². The highest BCUT2D eigenvalue weighted by Crippen LogP contribution is 2.40. The maximum Gasteiger partial charge on any atom is 0.489 e. The van der Waals surface area contributed by atoms with Gasteiger partial charge in [-0.05, 0) is 119 Å². The summed E-state index contributed by atoms with van der Waals surface area (Å²) in [4.78, 5) is 0. The second-order valence-electron chi connectivity index (χ2n) is 14.0. The lowest BCUT2D eigenvalue weighted by atomic mass is 9.77. The summed E-state index contributed by atoms with van der Waals surface area (Å²) in [5.74, 6) is 0. The van der Waals surface area contributed by atoms with Gasteiger partial charge in [-0.15, -0.1) is 0 Å². The van der Waals surface area contributed by atoms with E-state index in [0.29, 0.717) is 22.0 Å². The van der Waals surface area contributed by atoms with Crippen molar-refractivity contribution in [3.63, 3.8) is 0 Å². The molecule has 7 aromatic carbocycles. The highest BCUT2D eigenvalue weighted by atomic mass is 16.4. The van der Waals surface area contributed by atoms with Crippen molar-refractivity contribution in [2.75, 3.05) is 5.32 Å². The number of hydrogen-bond acceptors (Lipinski definition) is 4. The monoisotopic (exact) mass is 726 g/mol. The average molecular weight is 727 g/mol. The summed E-state index contributed by atoms with van der Waals surface area (Å²) in [5, 5.41) is 27.8. The van der Waals surface area contributed by atoms with Crippen molar-refractivity contribution in [3.8, 4) is 27.9 Å². The molecule has 0 aliphatic heterocycles. The van der Waals surface area contributed by atoms with Crippen molar-refractivity contribution in [1.29, 1.82) is 0 Å². The number of allylic oxidation sites excluding steroid dienone is 5. The van der Waals surface area contributed by atoms with Crippen LogP contribution in [0.15, 0.2) is 187 Å². The van der Waals surface area contributed by atoms with Crippen LogP contribution >= 0.6 is 0 Å². The van der Waals surface area contributed by atoms with Crippen LogP contribution in [0.2, 0.25) is 0 Å². The van der Waals surface area contributed by atoms with Crippen molar-refractivity contribution >= 4 is 73.3 Å². The zero-order valence-electron chi connectivity index (χ0n) is 31.0. The number of benzene rings is 7. The molecule has 0 aliphatic rings. The summed E-state index contributed by atoms with van der Waals surface area (Å²) in [7, 11) is -1.61. The maximum absolute atomic E-state index is 10.2. The zero-order chi connectivity index (χ0) is 38.2. The fraction of sp³-hybridized carbons (Fsp3) is 0.0400. The molecule has 56 heavy (non-hydrogen) atoms. The molecule has 0 saturated heterocycles. The molecule has 9 aromatic rings. The van der Waals surface area contributed by atoms with E-state index in [1.807, 2.05) is 36.4 Å². The SMILES string of the molecule is C=C(/C=C\C=C/CC)c1cc(-c2ccc3c(c2)c2cc(-c4ccc5oc6cccc(B(O)O)c6c5c4)ccc2n3-c2ccccc2)ccc1Nc1ccccc1. The summed E-state index contributed by atoms with van der Waals surface area (Å²) in [6.07, 6.45) is 9.29. The first-order chi connectivity index (χ1) is 27.5. The van der Waals surface area contributed by atoms with Crippen molar-refractivity contribution < 1.29 is 14.5 Å². The van der Waals surface area contributed by atoms with Crippen LogP contribution in [-0.4, -0.2) is 21.7 Å². The summed E-state index contributed by atoms with van der Waals surface area (Å²) in [6, 6.07) is 52.1. The molecule has 0 aliphatic carbocycles. The molecule has 2 heterocycles. The first-order valence-corrected chi connectivity index (χ1v) is 18.9. The van der Waals surface area contributed by atoms with E-state index in [2.05, 4.69) is 151 Å². The van der Waals surface area contributed by atoms with E-state index < -0.39 is 7.12 Å². The van der Waals surface area contributed by atoms with Gasteiger partial charge in [-0.1, -0.05) is 111 Å². The van der Waals surface area contributed by atoms with E-state index in [-0.39, 0.29) is 0 Å². The van der Waals surface area contributed by atoms with E-state index in [1.54, 1.807) is 12.1 Å². The summed E-state index contributed by atoms with van der Waals surface area (Å²) in [6.45, 7) is 6.60. The molecule has 270 valence electrons. The van der Waals surface area contributed by atoms with Crippen molar-refractivity contribution in [2.45, 2.75) is 13.3 Å². The molecule has 5 nitrogen and oxygen atoms in total. The Labute approximate surface area is 325 Å². The normalized spacial score (nSPS) is 11.8. The van der Waals surface area contributed by atoms with Crippen LogP contribution in [0.4, 0.5) is 11.4 Å². The summed E-state index contributed by atoms with van der Waals surface area (Å²) >= 11 is 0. The number of aromatic nitrogens is 1. The van der Waals surface area contributed by atoms with Gasteiger partial charge in [0, 0.05) is 44.2 Å². The minimum Gasteiger partial charge on any atom is -0.456 e. The Balaban J connectivity index is 1.20. The predicted molar refractivity (Wildman–Crippen MR) is 236 cm³/mol. The van der Waals surface area contributed by atoms with Gasteiger partial charge < -0.3 is 24.3 Å². The Bertz CT molecular complexity index is 2970. The van der Waals surface area contributed by atoms with Gasteiger partial charge in [0.15, 0.2) is 0 Å². The second kappa shape index (κ2) is 14.8. The lowest BCUT2D eigenvalue weighted by Gasteiger charge is -2.15. The standard InChI is InChI=1S/C50H39BN2O3/c1-3-4-5-8-14-33(2)40-29-34(21-25-45(40)52-38-15-9-6-10-16-38)35-22-26-46-41(30-35)42-31-36(23-27-47(42)53(46)39-17-11-7-12-18-39)37-24-28-48-43(32-37)50-44(51(54)55)19-13-20-49(50)56-48/h4-32,52,54-55H,2-3H2,1H3/b5-4-,14-8-. The van der Waals surface area contributed by atoms with E-state index >= 15 is 0 Å². The molecular weight excluding hydrogens is 687 g/mol. The molecule has 0 fully saturated rings. The quantitative estimate of drug-likeness (QED) is 0.0969. The third kappa shape index (κ3) is 6.41. The number of nitrogens with one attached hydrogen (secondary N) is 1. The minimum absolute atomic E-state index is 0.423. The Morgan fingerprint density at radius 1 is 0.661 bits per heavy atom. The molecule has 0 atom stereocenters. The smallest absolute Gasteiger partial charge is 0.456 e. The molecule has 6 heteroatoms. The highest BCUT2D eigenvalue weighted by Gasteiger charge is 2.20. The molecule has 3 N–H and O–H groups in total. The Hall–Kier alpha value is -6.86. The molecular formula is C50H39BN2O3. The van der Waals surface area contributed by atoms with Gasteiger partial charge in [0.25, 0.3) is 0 Å².